The molecule has 1 aliphatic heterocycles. The molecular weight excluding hydrogens is 412 g/mol. The summed E-state index contributed by atoms with van der Waals surface area (Å²) in [6.45, 7) is 1.73. The minimum absolute atomic E-state index is 0.0372. The number of aromatic nitrogens is 1. The molecule has 2 heterocycles. The zero-order valence-corrected chi connectivity index (χ0v) is 17.4. The molecule has 0 fully saturated rings. The Balaban J connectivity index is 1.73. The van der Waals surface area contributed by atoms with Crippen molar-refractivity contribution in [2.24, 2.45) is 10.8 Å². The Labute approximate surface area is 183 Å². The third kappa shape index (κ3) is 3.49. The van der Waals surface area contributed by atoms with E-state index in [4.69, 9.17) is 15.6 Å². The molecule has 3 aromatic rings. The number of carboxylic acid groups (broad SMARTS) is 1. The number of carboxylic acids is 1. The van der Waals surface area contributed by atoms with Gasteiger partial charge in [-0.1, -0.05) is 18.2 Å². The van der Waals surface area contributed by atoms with Crippen LogP contribution in [-0.4, -0.2) is 40.5 Å². The number of hydrazone groups is 1. The van der Waals surface area contributed by atoms with E-state index in [0.717, 1.165) is 15.9 Å². The number of carbonyl (C=O) groups is 3. The van der Waals surface area contributed by atoms with E-state index >= 15 is 0 Å². The number of nitrogens with zero attached hydrogens (tertiary/aromatic N) is 3. The molecule has 0 saturated heterocycles. The van der Waals surface area contributed by atoms with Gasteiger partial charge in [0.05, 0.1) is 23.9 Å². The number of methoxy groups -OCH3 is 1. The number of benzene rings is 2. The number of para-hydroxylation sites is 1. The molecule has 3 N–H and O–H groups in total. The Morgan fingerprint density at radius 1 is 1.16 bits per heavy atom. The number of amidine groups is 1. The molecule has 0 bridgehead atoms. The molecule has 32 heavy (non-hydrogen) atoms. The van der Waals surface area contributed by atoms with Crippen molar-refractivity contribution in [1.82, 2.24) is 4.57 Å². The largest absolute Gasteiger partial charge is 0.478 e. The quantitative estimate of drug-likeness (QED) is 0.471. The van der Waals surface area contributed by atoms with E-state index in [1.807, 2.05) is 24.3 Å². The van der Waals surface area contributed by atoms with Crippen molar-refractivity contribution in [3.63, 3.8) is 0 Å². The fourth-order valence-corrected chi connectivity index (χ4v) is 3.59. The number of carbonyl (C=O) groups excluding carboxylic acids is 2. The molecule has 2 aromatic carbocycles. The maximum atomic E-state index is 13.0. The summed E-state index contributed by atoms with van der Waals surface area (Å²) < 4.78 is 6.65. The van der Waals surface area contributed by atoms with E-state index in [1.165, 1.54) is 31.4 Å². The number of rotatable bonds is 5. The highest BCUT2D eigenvalue weighted by molar-refractivity contribution is 6.32. The summed E-state index contributed by atoms with van der Waals surface area (Å²) >= 11 is 0. The summed E-state index contributed by atoms with van der Waals surface area (Å²) in [6.07, 6.45) is 3.40. The number of nitrogens with two attached hydrogens (primary N) is 1. The molecule has 0 radical (unpaired) electrons. The first-order valence-corrected chi connectivity index (χ1v) is 9.73. The van der Waals surface area contributed by atoms with Gasteiger partial charge in [0.25, 0.3) is 5.91 Å². The van der Waals surface area contributed by atoms with Crippen LogP contribution in [0.4, 0.5) is 5.69 Å². The second-order valence-corrected chi connectivity index (χ2v) is 7.22. The Bertz CT molecular complexity index is 1300. The predicted octanol–water partition coefficient (Wildman–Crippen LogP) is 2.78. The van der Waals surface area contributed by atoms with E-state index in [1.54, 1.807) is 23.8 Å². The normalized spacial score (nSPS) is 15.8. The third-order valence-corrected chi connectivity index (χ3v) is 5.30. The summed E-state index contributed by atoms with van der Waals surface area (Å²) in [4.78, 5) is 36.2. The van der Waals surface area contributed by atoms with E-state index < -0.39 is 17.9 Å². The standard InChI is InChI=1S/C23H20N4O5/c1-13(23(31)32-2)26-12-15(17-5-3-4-6-19(17)26)11-18-20(24)25-27(21(18)28)16-9-7-14(8-10-16)22(29)30/h3-13H,1-2H3,(H2,24,25)(H,29,30)/b18-11-. The summed E-state index contributed by atoms with van der Waals surface area (Å²) in [5, 5.41) is 15.1. The molecule has 0 spiro atoms. The zero-order chi connectivity index (χ0) is 23.0. The van der Waals surface area contributed by atoms with Gasteiger partial charge in [-0.2, -0.15) is 5.01 Å². The number of amides is 1. The van der Waals surface area contributed by atoms with Crippen molar-refractivity contribution in [2.75, 3.05) is 12.1 Å². The number of fused-ring (bicyclic) bond motifs is 1. The van der Waals surface area contributed by atoms with Crippen molar-refractivity contribution < 1.29 is 24.2 Å². The van der Waals surface area contributed by atoms with E-state index in [2.05, 4.69) is 5.10 Å². The lowest BCUT2D eigenvalue weighted by atomic mass is 10.1. The molecule has 9 heteroatoms. The summed E-state index contributed by atoms with van der Waals surface area (Å²) in [6, 6.07) is 12.7. The van der Waals surface area contributed by atoms with Crippen molar-refractivity contribution in [2.45, 2.75) is 13.0 Å². The average molecular weight is 432 g/mol. The highest BCUT2D eigenvalue weighted by Crippen LogP contribution is 2.29. The van der Waals surface area contributed by atoms with Gasteiger partial charge in [0.15, 0.2) is 5.84 Å². The van der Waals surface area contributed by atoms with Crippen LogP contribution in [0.25, 0.3) is 17.0 Å². The molecule has 0 aliphatic carbocycles. The van der Waals surface area contributed by atoms with Crippen molar-refractivity contribution in [3.05, 3.63) is 71.4 Å². The molecule has 1 aromatic heterocycles. The fourth-order valence-electron chi connectivity index (χ4n) is 3.59. The Morgan fingerprint density at radius 2 is 1.84 bits per heavy atom. The van der Waals surface area contributed by atoms with Crippen LogP contribution < -0.4 is 10.7 Å². The van der Waals surface area contributed by atoms with Crippen LogP contribution in [0.2, 0.25) is 0 Å². The lowest BCUT2D eigenvalue weighted by Crippen LogP contribution is -2.22. The maximum absolute atomic E-state index is 13.0. The van der Waals surface area contributed by atoms with Crippen LogP contribution in [0.1, 0.15) is 28.9 Å². The molecule has 1 unspecified atom stereocenters. The number of anilines is 1. The predicted molar refractivity (Wildman–Crippen MR) is 119 cm³/mol. The lowest BCUT2D eigenvalue weighted by Gasteiger charge is -2.12. The van der Waals surface area contributed by atoms with Gasteiger partial charge in [0.1, 0.15) is 6.04 Å². The Kier molecular flexibility index (Phi) is 5.23. The molecule has 9 nitrogen and oxygen atoms in total. The van der Waals surface area contributed by atoms with Crippen LogP contribution in [0, 0.1) is 0 Å². The SMILES string of the molecule is COC(=O)C(C)n1cc(/C=C2\C(=O)N(c3ccc(C(=O)O)cc3)N=C2N)c2ccccc21. The Morgan fingerprint density at radius 3 is 2.50 bits per heavy atom. The minimum Gasteiger partial charge on any atom is -0.478 e. The highest BCUT2D eigenvalue weighted by atomic mass is 16.5. The van der Waals surface area contributed by atoms with Gasteiger partial charge in [-0.25, -0.2) is 9.59 Å². The number of hydrogen-bond acceptors (Lipinski definition) is 6. The maximum Gasteiger partial charge on any atom is 0.335 e. The third-order valence-electron chi connectivity index (χ3n) is 5.30. The second kappa shape index (κ2) is 8.03. The van der Waals surface area contributed by atoms with E-state index in [0.29, 0.717) is 11.3 Å². The summed E-state index contributed by atoms with van der Waals surface area (Å²) in [5.41, 5.74) is 8.24. The highest BCUT2D eigenvalue weighted by Gasteiger charge is 2.30. The second-order valence-electron chi connectivity index (χ2n) is 7.22. The zero-order valence-electron chi connectivity index (χ0n) is 17.4. The van der Waals surface area contributed by atoms with Crippen LogP contribution >= 0.6 is 0 Å². The smallest absolute Gasteiger partial charge is 0.335 e. The summed E-state index contributed by atoms with van der Waals surface area (Å²) in [7, 11) is 1.33. The van der Waals surface area contributed by atoms with Crippen molar-refractivity contribution >= 4 is 46.3 Å². The first-order valence-electron chi connectivity index (χ1n) is 9.73. The van der Waals surface area contributed by atoms with Gasteiger partial charge in [0.2, 0.25) is 0 Å². The minimum atomic E-state index is -1.06. The first-order chi connectivity index (χ1) is 15.3. The number of aromatic carboxylic acids is 1. The first kappa shape index (κ1) is 20.9. The molecular formula is C23H20N4O5. The van der Waals surface area contributed by atoms with Crippen molar-refractivity contribution in [3.8, 4) is 0 Å². The van der Waals surface area contributed by atoms with Gasteiger partial charge < -0.3 is 20.1 Å². The molecule has 0 saturated carbocycles. The van der Waals surface area contributed by atoms with Gasteiger partial charge in [0, 0.05) is 22.7 Å². The van der Waals surface area contributed by atoms with E-state index in [9.17, 15) is 14.4 Å². The average Bonchev–Trinajstić information content (AvgIpc) is 3.31. The lowest BCUT2D eigenvalue weighted by molar-refractivity contribution is -0.143. The number of esters is 1. The fraction of sp³-hybridized carbons (Fsp3) is 0.130. The van der Waals surface area contributed by atoms with Crippen LogP contribution in [0.5, 0.6) is 0 Å². The molecule has 1 amide bonds. The van der Waals surface area contributed by atoms with Gasteiger partial charge >= 0.3 is 11.9 Å². The van der Waals surface area contributed by atoms with Gasteiger partial charge in [-0.05, 0) is 43.3 Å². The number of ether oxygens (including phenoxy) is 1. The van der Waals surface area contributed by atoms with Gasteiger partial charge in [-0.3, -0.25) is 4.79 Å². The van der Waals surface area contributed by atoms with Crippen LogP contribution in [0.3, 0.4) is 0 Å². The molecule has 1 atom stereocenters. The Hall–Kier alpha value is -4.40. The van der Waals surface area contributed by atoms with Crippen molar-refractivity contribution in [1.29, 1.82) is 0 Å². The molecule has 162 valence electrons. The van der Waals surface area contributed by atoms with Crippen LogP contribution in [-0.2, 0) is 14.3 Å². The topological polar surface area (TPSA) is 127 Å². The van der Waals surface area contributed by atoms with Crippen LogP contribution in [0.15, 0.2) is 65.4 Å². The summed E-state index contributed by atoms with van der Waals surface area (Å²) in [5.74, 6) is -1.86. The monoisotopic (exact) mass is 432 g/mol. The molecule has 1 aliphatic rings. The van der Waals surface area contributed by atoms with Gasteiger partial charge in [-0.15, -0.1) is 5.10 Å². The van der Waals surface area contributed by atoms with E-state index in [-0.39, 0.29) is 22.9 Å². The number of hydrogen-bond donors (Lipinski definition) is 2. The molecule has 4 rings (SSSR count).